The largest absolute Gasteiger partial charge is 0.433 e. The molecule has 0 aliphatic rings. The lowest BCUT2D eigenvalue weighted by Gasteiger charge is -1.97. The van der Waals surface area contributed by atoms with Gasteiger partial charge in [0, 0.05) is 6.07 Å². The fourth-order valence-electron chi connectivity index (χ4n) is 1.74. The highest BCUT2D eigenvalue weighted by Gasteiger charge is 2.13. The van der Waals surface area contributed by atoms with Crippen molar-refractivity contribution in [3.05, 3.63) is 51.3 Å². The van der Waals surface area contributed by atoms with Gasteiger partial charge < -0.3 is 9.40 Å². The summed E-state index contributed by atoms with van der Waals surface area (Å²) in [6, 6.07) is 7.77. The summed E-state index contributed by atoms with van der Waals surface area (Å²) in [7, 11) is 0. The van der Waals surface area contributed by atoms with Gasteiger partial charge in [-0.3, -0.25) is 0 Å². The number of H-pyrrole nitrogens is 1. The van der Waals surface area contributed by atoms with Gasteiger partial charge in [-0.25, -0.2) is 13.8 Å². The number of hydrogen-bond donors (Lipinski definition) is 1. The maximum atomic E-state index is 13.5. The zero-order valence-electron chi connectivity index (χ0n) is 8.41. The lowest BCUT2D eigenvalue weighted by Crippen LogP contribution is -2.13. The van der Waals surface area contributed by atoms with Crippen LogP contribution in [0, 0.1) is 5.82 Å². The molecule has 6 heteroatoms. The molecule has 0 aliphatic heterocycles. The first-order valence-corrected chi connectivity index (χ1v) is 5.61. The number of nitrogens with zero attached hydrogens (tertiary/aromatic N) is 1. The molecule has 3 rings (SSSR count). The standard InChI is InChI=1S/C11H6BrFN2O2/c12-8-4-5-9(17-8)15-7-3-1-2-6(13)10(7)14-11(15)16/h1-5H,(H,14,16). The van der Waals surface area contributed by atoms with E-state index < -0.39 is 11.5 Å². The van der Waals surface area contributed by atoms with Gasteiger partial charge in [0.2, 0.25) is 5.88 Å². The number of hydrogen-bond acceptors (Lipinski definition) is 2. The van der Waals surface area contributed by atoms with E-state index in [4.69, 9.17) is 4.42 Å². The van der Waals surface area contributed by atoms with Gasteiger partial charge in [-0.15, -0.1) is 0 Å². The molecule has 0 unspecified atom stereocenters. The molecular weight excluding hydrogens is 291 g/mol. The van der Waals surface area contributed by atoms with Crippen molar-refractivity contribution in [1.82, 2.24) is 9.55 Å². The van der Waals surface area contributed by atoms with E-state index in [1.54, 1.807) is 24.3 Å². The quantitative estimate of drug-likeness (QED) is 0.751. The summed E-state index contributed by atoms with van der Waals surface area (Å²) in [6.45, 7) is 0. The van der Waals surface area contributed by atoms with E-state index >= 15 is 0 Å². The second-order valence-corrected chi connectivity index (χ2v) is 4.26. The lowest BCUT2D eigenvalue weighted by molar-refractivity contribution is 0.515. The number of benzene rings is 1. The van der Waals surface area contributed by atoms with E-state index in [1.165, 1.54) is 10.6 Å². The zero-order valence-corrected chi connectivity index (χ0v) is 9.99. The van der Waals surface area contributed by atoms with Crippen molar-refractivity contribution in [3.8, 4) is 5.88 Å². The van der Waals surface area contributed by atoms with Gasteiger partial charge in [-0.1, -0.05) is 6.07 Å². The second kappa shape index (κ2) is 3.59. The highest BCUT2D eigenvalue weighted by atomic mass is 79.9. The van der Waals surface area contributed by atoms with Crippen LogP contribution in [0.4, 0.5) is 4.39 Å². The monoisotopic (exact) mass is 296 g/mol. The summed E-state index contributed by atoms with van der Waals surface area (Å²) in [5, 5.41) is 0. The predicted molar refractivity (Wildman–Crippen MR) is 63.8 cm³/mol. The minimum Gasteiger partial charge on any atom is -0.433 e. The molecular formula is C11H6BrFN2O2. The Morgan fingerprint density at radius 2 is 2.12 bits per heavy atom. The SMILES string of the molecule is O=c1[nH]c2c(F)cccc2n1-c1ccc(Br)o1. The van der Waals surface area contributed by atoms with Gasteiger partial charge in [-0.2, -0.15) is 0 Å². The average Bonchev–Trinajstić information content (AvgIpc) is 2.82. The highest BCUT2D eigenvalue weighted by molar-refractivity contribution is 9.10. The molecule has 1 N–H and O–H groups in total. The Bertz CT molecular complexity index is 756. The third kappa shape index (κ3) is 1.52. The topological polar surface area (TPSA) is 50.9 Å². The predicted octanol–water partition coefficient (Wildman–Crippen LogP) is 2.81. The first kappa shape index (κ1) is 10.3. The molecule has 4 nitrogen and oxygen atoms in total. The summed E-state index contributed by atoms with van der Waals surface area (Å²) >= 11 is 3.15. The van der Waals surface area contributed by atoms with E-state index in [2.05, 4.69) is 20.9 Å². The van der Waals surface area contributed by atoms with Gasteiger partial charge in [0.25, 0.3) is 0 Å². The third-order valence-electron chi connectivity index (χ3n) is 2.45. The van der Waals surface area contributed by atoms with E-state index in [1.807, 2.05) is 0 Å². The molecule has 0 atom stereocenters. The number of aromatic nitrogens is 2. The van der Waals surface area contributed by atoms with Crippen LogP contribution in [0.5, 0.6) is 0 Å². The van der Waals surface area contributed by atoms with Crippen LogP contribution in [0.15, 0.2) is 44.2 Å². The Kier molecular flexibility index (Phi) is 2.19. The van der Waals surface area contributed by atoms with Crippen molar-refractivity contribution in [3.63, 3.8) is 0 Å². The molecule has 0 spiro atoms. The van der Waals surface area contributed by atoms with Crippen LogP contribution < -0.4 is 5.69 Å². The van der Waals surface area contributed by atoms with Crippen molar-refractivity contribution >= 4 is 27.0 Å². The van der Waals surface area contributed by atoms with Crippen molar-refractivity contribution < 1.29 is 8.81 Å². The molecule has 1 aromatic carbocycles. The number of rotatable bonds is 1. The molecule has 0 saturated heterocycles. The molecule has 0 aliphatic carbocycles. The Morgan fingerprint density at radius 1 is 1.29 bits per heavy atom. The zero-order chi connectivity index (χ0) is 12.0. The smallest absolute Gasteiger partial charge is 0.333 e. The van der Waals surface area contributed by atoms with E-state index in [0.29, 0.717) is 16.1 Å². The number of halogens is 2. The van der Waals surface area contributed by atoms with Crippen molar-refractivity contribution in [1.29, 1.82) is 0 Å². The van der Waals surface area contributed by atoms with Gasteiger partial charge in [0.15, 0.2) is 4.67 Å². The molecule has 2 heterocycles. The van der Waals surface area contributed by atoms with E-state index in [-0.39, 0.29) is 5.52 Å². The van der Waals surface area contributed by atoms with Crippen molar-refractivity contribution in [2.24, 2.45) is 0 Å². The Balaban J connectivity index is 2.40. The molecule has 0 radical (unpaired) electrons. The van der Waals surface area contributed by atoms with Gasteiger partial charge >= 0.3 is 5.69 Å². The number of aromatic amines is 1. The number of para-hydroxylation sites is 1. The Labute approximate surface area is 103 Å². The summed E-state index contributed by atoms with van der Waals surface area (Å²) in [4.78, 5) is 14.2. The molecule has 0 bridgehead atoms. The van der Waals surface area contributed by atoms with Crippen LogP contribution in [0.1, 0.15) is 0 Å². The number of nitrogens with one attached hydrogen (secondary N) is 1. The summed E-state index contributed by atoms with van der Waals surface area (Å²) in [5.74, 6) is -0.136. The molecule has 86 valence electrons. The number of furan rings is 1. The minimum atomic E-state index is -0.469. The van der Waals surface area contributed by atoms with Crippen molar-refractivity contribution in [2.75, 3.05) is 0 Å². The fourth-order valence-corrected chi connectivity index (χ4v) is 2.04. The molecule has 0 fully saturated rings. The van der Waals surface area contributed by atoms with Gasteiger partial charge in [-0.05, 0) is 34.1 Å². The van der Waals surface area contributed by atoms with Crippen LogP contribution in [0.2, 0.25) is 0 Å². The normalized spacial score (nSPS) is 11.2. The Morgan fingerprint density at radius 3 is 2.82 bits per heavy atom. The van der Waals surface area contributed by atoms with Crippen molar-refractivity contribution in [2.45, 2.75) is 0 Å². The van der Waals surface area contributed by atoms with E-state index in [9.17, 15) is 9.18 Å². The number of fused-ring (bicyclic) bond motifs is 1. The summed E-state index contributed by atoms with van der Waals surface area (Å²) in [6.07, 6.45) is 0. The molecule has 0 saturated carbocycles. The minimum absolute atomic E-state index is 0.171. The molecule has 3 aromatic rings. The Hall–Kier alpha value is -1.82. The third-order valence-corrected chi connectivity index (χ3v) is 2.87. The molecule has 0 amide bonds. The maximum Gasteiger partial charge on any atom is 0.333 e. The van der Waals surface area contributed by atoms with Gasteiger partial charge in [0.1, 0.15) is 11.3 Å². The average molecular weight is 297 g/mol. The van der Waals surface area contributed by atoms with Crippen LogP contribution in [-0.4, -0.2) is 9.55 Å². The fraction of sp³-hybridized carbons (Fsp3) is 0. The summed E-state index contributed by atoms with van der Waals surface area (Å²) in [5.41, 5.74) is 0.175. The lowest BCUT2D eigenvalue weighted by atomic mass is 10.3. The molecule has 2 aromatic heterocycles. The highest BCUT2D eigenvalue weighted by Crippen LogP contribution is 2.21. The van der Waals surface area contributed by atoms with Gasteiger partial charge in [0.05, 0.1) is 5.52 Å². The first-order valence-electron chi connectivity index (χ1n) is 4.82. The van der Waals surface area contributed by atoms with Crippen LogP contribution >= 0.6 is 15.9 Å². The van der Waals surface area contributed by atoms with E-state index in [0.717, 1.165) is 0 Å². The number of imidazole rings is 1. The van der Waals surface area contributed by atoms with Crippen LogP contribution in [0.25, 0.3) is 16.9 Å². The first-order chi connectivity index (χ1) is 8.16. The molecule has 17 heavy (non-hydrogen) atoms. The maximum absolute atomic E-state index is 13.5. The second-order valence-electron chi connectivity index (χ2n) is 3.48. The van der Waals surface area contributed by atoms with Crippen LogP contribution in [-0.2, 0) is 0 Å². The summed E-state index contributed by atoms with van der Waals surface area (Å²) < 4.78 is 20.6. The van der Waals surface area contributed by atoms with Crippen LogP contribution in [0.3, 0.4) is 0 Å².